The van der Waals surface area contributed by atoms with Crippen LogP contribution in [0.5, 0.6) is 5.75 Å². The first-order chi connectivity index (χ1) is 13.1. The minimum Gasteiger partial charge on any atom is -0.497 e. The van der Waals surface area contributed by atoms with Crippen LogP contribution in [0, 0.1) is 10.1 Å². The maximum absolute atomic E-state index is 12.8. The van der Waals surface area contributed by atoms with Gasteiger partial charge in [-0.1, -0.05) is 12.1 Å². The number of ketones is 1. The molecule has 0 aliphatic carbocycles. The first kappa shape index (κ1) is 18.6. The maximum atomic E-state index is 12.8. The molecule has 0 unspecified atom stereocenters. The lowest BCUT2D eigenvalue weighted by Crippen LogP contribution is -2.37. The smallest absolute Gasteiger partial charge is 0.270 e. The van der Waals surface area contributed by atoms with Gasteiger partial charge in [-0.3, -0.25) is 19.9 Å². The fourth-order valence-corrected chi connectivity index (χ4v) is 3.02. The molecule has 0 saturated carbocycles. The Morgan fingerprint density at radius 2 is 2.00 bits per heavy atom. The van der Waals surface area contributed by atoms with Crippen molar-refractivity contribution in [3.05, 3.63) is 64.2 Å². The van der Waals surface area contributed by atoms with Crippen molar-refractivity contribution in [2.75, 3.05) is 25.1 Å². The Labute approximate surface area is 157 Å². The van der Waals surface area contributed by atoms with Crippen LogP contribution in [0.2, 0.25) is 0 Å². The molecule has 27 heavy (non-hydrogen) atoms. The van der Waals surface area contributed by atoms with E-state index in [1.807, 2.05) is 29.2 Å². The Bertz CT molecular complexity index is 862. The SMILES string of the molecule is COc1ccc(N(CC(=O)c2cccc([N+](=O)[O-])c2)C2=NCCCC2)cc1. The van der Waals surface area contributed by atoms with Crippen LogP contribution in [-0.4, -0.2) is 36.7 Å². The number of Topliss-reactive ketones (excluding diaryl/α,β-unsaturated/α-hetero) is 1. The van der Waals surface area contributed by atoms with Crippen LogP contribution in [0.1, 0.15) is 29.6 Å². The van der Waals surface area contributed by atoms with Gasteiger partial charge in [-0.2, -0.15) is 0 Å². The summed E-state index contributed by atoms with van der Waals surface area (Å²) in [6, 6.07) is 13.3. The standard InChI is InChI=1S/C20H21N3O4/c1-27-18-10-8-16(9-11-18)22(20-7-2-3-12-21-20)14-19(24)15-5-4-6-17(13-15)23(25)26/h4-6,8-11,13H,2-3,7,12,14H2,1H3. The van der Waals surface area contributed by atoms with Crippen molar-refractivity contribution in [1.82, 2.24) is 0 Å². The second-order valence-electron chi connectivity index (χ2n) is 6.27. The summed E-state index contributed by atoms with van der Waals surface area (Å²) in [5, 5.41) is 11.0. The molecule has 0 atom stereocenters. The number of benzene rings is 2. The van der Waals surface area contributed by atoms with Crippen molar-refractivity contribution in [2.45, 2.75) is 19.3 Å². The highest BCUT2D eigenvalue weighted by molar-refractivity contribution is 6.07. The van der Waals surface area contributed by atoms with Gasteiger partial charge in [0.1, 0.15) is 11.6 Å². The Kier molecular flexibility index (Phi) is 5.80. The van der Waals surface area contributed by atoms with E-state index in [4.69, 9.17) is 4.74 Å². The van der Waals surface area contributed by atoms with Gasteiger partial charge in [0.15, 0.2) is 5.78 Å². The van der Waals surface area contributed by atoms with Crippen LogP contribution in [-0.2, 0) is 0 Å². The molecule has 0 bridgehead atoms. The number of aliphatic imine (C=N–C) groups is 1. The normalized spacial score (nSPS) is 13.6. The molecule has 1 aliphatic rings. The molecule has 0 saturated heterocycles. The average molecular weight is 367 g/mol. The Balaban J connectivity index is 1.88. The van der Waals surface area contributed by atoms with Gasteiger partial charge in [0.25, 0.3) is 5.69 Å². The summed E-state index contributed by atoms with van der Waals surface area (Å²) >= 11 is 0. The van der Waals surface area contributed by atoms with Gasteiger partial charge in [-0.25, -0.2) is 0 Å². The summed E-state index contributed by atoms with van der Waals surface area (Å²) < 4.78 is 5.20. The monoisotopic (exact) mass is 367 g/mol. The molecule has 0 fully saturated rings. The van der Waals surface area contributed by atoms with E-state index in [0.717, 1.165) is 43.1 Å². The number of ether oxygens (including phenoxy) is 1. The summed E-state index contributed by atoms with van der Waals surface area (Å²) in [6.07, 6.45) is 2.86. The van der Waals surface area contributed by atoms with Gasteiger partial charge in [0.2, 0.25) is 0 Å². The van der Waals surface area contributed by atoms with Gasteiger partial charge >= 0.3 is 0 Å². The quantitative estimate of drug-likeness (QED) is 0.439. The number of nitro groups is 1. The molecule has 140 valence electrons. The fourth-order valence-electron chi connectivity index (χ4n) is 3.02. The zero-order valence-corrected chi connectivity index (χ0v) is 15.1. The number of non-ortho nitro benzene ring substituents is 1. The van der Waals surface area contributed by atoms with E-state index in [9.17, 15) is 14.9 Å². The van der Waals surface area contributed by atoms with Crippen LogP contribution in [0.25, 0.3) is 0 Å². The molecule has 0 amide bonds. The summed E-state index contributed by atoms with van der Waals surface area (Å²) in [5.74, 6) is 1.40. The molecule has 0 spiro atoms. The summed E-state index contributed by atoms with van der Waals surface area (Å²) in [7, 11) is 1.60. The van der Waals surface area contributed by atoms with E-state index in [1.54, 1.807) is 13.2 Å². The van der Waals surface area contributed by atoms with E-state index in [2.05, 4.69) is 4.99 Å². The van der Waals surface area contributed by atoms with Gasteiger partial charge in [0, 0.05) is 36.3 Å². The van der Waals surface area contributed by atoms with E-state index in [1.165, 1.54) is 18.2 Å². The van der Waals surface area contributed by atoms with Crippen LogP contribution in [0.3, 0.4) is 0 Å². The minimum atomic E-state index is -0.497. The summed E-state index contributed by atoms with van der Waals surface area (Å²) in [5.41, 5.74) is 1.07. The number of anilines is 1. The van der Waals surface area contributed by atoms with Crippen molar-refractivity contribution in [3.8, 4) is 5.75 Å². The van der Waals surface area contributed by atoms with Crippen LogP contribution in [0.4, 0.5) is 11.4 Å². The number of methoxy groups -OCH3 is 1. The highest BCUT2D eigenvalue weighted by Crippen LogP contribution is 2.23. The van der Waals surface area contributed by atoms with Crippen LogP contribution < -0.4 is 9.64 Å². The lowest BCUT2D eigenvalue weighted by molar-refractivity contribution is -0.384. The zero-order valence-electron chi connectivity index (χ0n) is 15.1. The van der Waals surface area contributed by atoms with Gasteiger partial charge in [0.05, 0.1) is 18.6 Å². The van der Waals surface area contributed by atoms with Gasteiger partial charge in [-0.15, -0.1) is 0 Å². The van der Waals surface area contributed by atoms with Gasteiger partial charge in [-0.05, 0) is 37.1 Å². The largest absolute Gasteiger partial charge is 0.497 e. The molecule has 7 nitrogen and oxygen atoms in total. The Hall–Kier alpha value is -3.22. The third kappa shape index (κ3) is 4.49. The summed E-state index contributed by atoms with van der Waals surface area (Å²) in [4.78, 5) is 29.8. The number of amidine groups is 1. The van der Waals surface area contributed by atoms with E-state index >= 15 is 0 Å². The number of carbonyl (C=O) groups is 1. The predicted molar refractivity (Wildman–Crippen MR) is 104 cm³/mol. The predicted octanol–water partition coefficient (Wildman–Crippen LogP) is 3.88. The number of carbonyl (C=O) groups excluding carboxylic acids is 1. The maximum Gasteiger partial charge on any atom is 0.270 e. The van der Waals surface area contributed by atoms with E-state index in [0.29, 0.717) is 5.56 Å². The fraction of sp³-hybridized carbons (Fsp3) is 0.300. The number of hydrogen-bond donors (Lipinski definition) is 0. The average Bonchev–Trinajstić information content (AvgIpc) is 2.72. The number of nitro benzene ring substituents is 1. The lowest BCUT2D eigenvalue weighted by Gasteiger charge is -2.28. The lowest BCUT2D eigenvalue weighted by atomic mass is 10.1. The van der Waals surface area contributed by atoms with Crippen molar-refractivity contribution >= 4 is 23.0 Å². The second-order valence-corrected chi connectivity index (χ2v) is 6.27. The second kappa shape index (κ2) is 8.44. The van der Waals surface area contributed by atoms with Crippen LogP contribution in [0.15, 0.2) is 53.5 Å². The first-order valence-electron chi connectivity index (χ1n) is 8.81. The van der Waals surface area contributed by atoms with Crippen molar-refractivity contribution in [1.29, 1.82) is 0 Å². The third-order valence-corrected chi connectivity index (χ3v) is 4.48. The molecule has 2 aromatic carbocycles. The molecule has 1 heterocycles. The van der Waals surface area contributed by atoms with E-state index in [-0.39, 0.29) is 18.0 Å². The topological polar surface area (TPSA) is 85.0 Å². The molecule has 0 N–H and O–H groups in total. The highest BCUT2D eigenvalue weighted by Gasteiger charge is 2.21. The molecule has 3 rings (SSSR count). The summed E-state index contributed by atoms with van der Waals surface area (Å²) in [6.45, 7) is 0.819. The third-order valence-electron chi connectivity index (χ3n) is 4.48. The molecule has 2 aromatic rings. The van der Waals surface area contributed by atoms with Crippen molar-refractivity contribution < 1.29 is 14.5 Å². The van der Waals surface area contributed by atoms with Crippen molar-refractivity contribution in [2.24, 2.45) is 4.99 Å². The number of hydrogen-bond acceptors (Lipinski definition) is 6. The molecular formula is C20H21N3O4. The zero-order chi connectivity index (χ0) is 19.2. The molecule has 1 aliphatic heterocycles. The molecular weight excluding hydrogens is 346 g/mol. The Morgan fingerprint density at radius 1 is 1.22 bits per heavy atom. The van der Waals surface area contributed by atoms with Crippen molar-refractivity contribution in [3.63, 3.8) is 0 Å². The molecule has 0 aromatic heterocycles. The van der Waals surface area contributed by atoms with Crippen LogP contribution >= 0.6 is 0 Å². The first-order valence-corrected chi connectivity index (χ1v) is 8.81. The highest BCUT2D eigenvalue weighted by atomic mass is 16.6. The number of rotatable bonds is 6. The molecule has 0 radical (unpaired) electrons. The van der Waals surface area contributed by atoms with E-state index < -0.39 is 4.92 Å². The minimum absolute atomic E-state index is 0.0757. The van der Waals surface area contributed by atoms with Gasteiger partial charge < -0.3 is 9.64 Å². The molecule has 7 heteroatoms. The Morgan fingerprint density at radius 3 is 2.63 bits per heavy atom. The number of nitrogens with zero attached hydrogens (tertiary/aromatic N) is 3.